The highest BCUT2D eigenvalue weighted by molar-refractivity contribution is 7.47. The topological polar surface area (TPSA) is 132 Å². The summed E-state index contributed by atoms with van der Waals surface area (Å²) in [5.74, 6) is -0.509. The van der Waals surface area contributed by atoms with E-state index in [4.69, 9.17) is 23.6 Å². The number of phosphoric ester groups is 1. The molecule has 3 unspecified atom stereocenters. The van der Waals surface area contributed by atoms with Crippen LogP contribution in [-0.4, -0.2) is 66.3 Å². The second-order valence-corrected chi connectivity index (χ2v) is 17.2. The zero-order valence-electron chi connectivity index (χ0n) is 38.2. The van der Waals surface area contributed by atoms with E-state index in [1.807, 2.05) is 12.2 Å². The Morgan fingerprint density at radius 2 is 0.950 bits per heavy atom. The quantitative estimate of drug-likeness (QED) is 0.0237. The van der Waals surface area contributed by atoms with Crippen LogP contribution in [0.5, 0.6) is 0 Å². The minimum atomic E-state index is -4.55. The van der Waals surface area contributed by atoms with Crippen LogP contribution in [0.2, 0.25) is 0 Å². The summed E-state index contributed by atoms with van der Waals surface area (Å²) in [5.41, 5.74) is 0. The zero-order chi connectivity index (χ0) is 43.9. The number of aliphatic hydroxyl groups is 2. The van der Waals surface area contributed by atoms with Gasteiger partial charge in [-0.3, -0.25) is 13.8 Å². The molecule has 60 heavy (non-hydrogen) atoms. The maximum Gasteiger partial charge on any atom is 0.472 e. The van der Waals surface area contributed by atoms with E-state index in [0.717, 1.165) is 44.9 Å². The van der Waals surface area contributed by atoms with E-state index < -0.39 is 45.8 Å². The molecule has 0 saturated heterocycles. The molecule has 0 fully saturated rings. The summed E-state index contributed by atoms with van der Waals surface area (Å²) in [6.45, 7) is 3.27. The molecule has 0 aliphatic carbocycles. The Bertz CT molecular complexity index is 1160. The van der Waals surface area contributed by atoms with E-state index in [9.17, 15) is 19.4 Å². The fourth-order valence-electron chi connectivity index (χ4n) is 6.31. The van der Waals surface area contributed by atoms with Crippen molar-refractivity contribution in [3.8, 4) is 0 Å². The van der Waals surface area contributed by atoms with E-state index in [-0.39, 0.29) is 13.0 Å². The predicted octanol–water partition coefficient (Wildman–Crippen LogP) is 13.7. The average Bonchev–Trinajstić information content (AvgIpc) is 3.24. The third kappa shape index (κ3) is 45.4. The first-order valence-electron chi connectivity index (χ1n) is 23.9. The number of carbonyl (C=O) groups excluding carboxylic acids is 1. The first kappa shape index (κ1) is 57.9. The van der Waals surface area contributed by atoms with E-state index in [1.165, 1.54) is 122 Å². The minimum absolute atomic E-state index is 0.00668. The molecule has 0 radical (unpaired) electrons. The maximum absolute atomic E-state index is 12.6. The molecule has 0 rings (SSSR count). The molecule has 0 aromatic heterocycles. The third-order valence-electron chi connectivity index (χ3n) is 9.91. The van der Waals surface area contributed by atoms with Gasteiger partial charge in [0, 0.05) is 6.61 Å². The summed E-state index contributed by atoms with van der Waals surface area (Å²) in [4.78, 5) is 22.5. The Morgan fingerprint density at radius 1 is 0.533 bits per heavy atom. The highest BCUT2D eigenvalue weighted by Gasteiger charge is 2.26. The summed E-state index contributed by atoms with van der Waals surface area (Å²) in [6.07, 6.45) is 56.2. The molecule has 0 saturated carbocycles. The number of allylic oxidation sites excluding steroid dienone is 11. The van der Waals surface area contributed by atoms with E-state index >= 15 is 0 Å². The standard InChI is InChI=1S/C50H89O9P/c1-3-5-7-9-11-13-15-17-19-20-21-22-23-24-25-26-27-29-31-33-35-37-39-41-43-56-46-49(47-58-60(54,55)57-45-48(52)44-51)59-50(53)42-40-38-36-34-32-30-28-18-16-14-12-10-8-6-4-2/h6,8,12,14,18,20-21,28,32,34,38,40,48-49,51-52H,3-5,7,9-11,13,15-17,19,22-27,29-31,33,35-37,39,41-47H2,1-2H3,(H,54,55)/b8-6-,14-12-,21-20-,28-18-,34-32-,40-38-. The van der Waals surface area contributed by atoms with Gasteiger partial charge in [-0.2, -0.15) is 0 Å². The van der Waals surface area contributed by atoms with Crippen LogP contribution >= 0.6 is 7.82 Å². The highest BCUT2D eigenvalue weighted by atomic mass is 31.2. The Balaban J connectivity index is 4.15. The number of aliphatic hydroxyl groups excluding tert-OH is 2. The van der Waals surface area contributed by atoms with Crippen LogP contribution in [0.25, 0.3) is 0 Å². The largest absolute Gasteiger partial charge is 0.472 e. The lowest BCUT2D eigenvalue weighted by Gasteiger charge is -2.20. The molecule has 348 valence electrons. The molecule has 0 spiro atoms. The fraction of sp³-hybridized carbons (Fsp3) is 0.740. The summed E-state index contributed by atoms with van der Waals surface area (Å²) >= 11 is 0. The van der Waals surface area contributed by atoms with Crippen LogP contribution in [-0.2, 0) is 27.9 Å². The smallest absolute Gasteiger partial charge is 0.457 e. The number of unbranched alkanes of at least 4 members (excludes halogenated alkanes) is 20. The molecule has 0 heterocycles. The summed E-state index contributed by atoms with van der Waals surface area (Å²) in [6, 6.07) is 0. The molecule has 0 aromatic carbocycles. The number of rotatable bonds is 45. The van der Waals surface area contributed by atoms with Crippen LogP contribution in [0.3, 0.4) is 0 Å². The van der Waals surface area contributed by atoms with Crippen molar-refractivity contribution in [2.24, 2.45) is 0 Å². The molecule has 0 amide bonds. The normalized spacial score (nSPS) is 14.6. The second-order valence-electron chi connectivity index (χ2n) is 15.8. The summed E-state index contributed by atoms with van der Waals surface area (Å²) in [5, 5.41) is 18.4. The van der Waals surface area contributed by atoms with Crippen molar-refractivity contribution < 1.29 is 43.0 Å². The Kier molecular flexibility index (Phi) is 44.8. The molecule has 0 aromatic rings. The first-order chi connectivity index (χ1) is 29.3. The molecule has 10 heteroatoms. The highest BCUT2D eigenvalue weighted by Crippen LogP contribution is 2.43. The molecule has 0 bridgehead atoms. The van der Waals surface area contributed by atoms with Crippen molar-refractivity contribution in [3.63, 3.8) is 0 Å². The maximum atomic E-state index is 12.6. The van der Waals surface area contributed by atoms with Crippen LogP contribution < -0.4 is 0 Å². The molecule has 9 nitrogen and oxygen atoms in total. The van der Waals surface area contributed by atoms with Crippen molar-refractivity contribution in [3.05, 3.63) is 72.9 Å². The van der Waals surface area contributed by atoms with Gasteiger partial charge in [0.05, 0.1) is 32.8 Å². The van der Waals surface area contributed by atoms with Crippen molar-refractivity contribution in [2.75, 3.05) is 33.0 Å². The number of hydrogen-bond acceptors (Lipinski definition) is 8. The molecule has 0 aliphatic rings. The molecular weight excluding hydrogens is 776 g/mol. The van der Waals surface area contributed by atoms with Crippen LogP contribution in [0.15, 0.2) is 72.9 Å². The zero-order valence-corrected chi connectivity index (χ0v) is 39.1. The molecule has 3 atom stereocenters. The van der Waals surface area contributed by atoms with E-state index in [2.05, 4.69) is 68.5 Å². The van der Waals surface area contributed by atoms with Crippen molar-refractivity contribution >= 4 is 13.8 Å². The summed E-state index contributed by atoms with van der Waals surface area (Å²) < 4.78 is 33.3. The monoisotopic (exact) mass is 865 g/mol. The Morgan fingerprint density at radius 3 is 1.42 bits per heavy atom. The third-order valence-corrected chi connectivity index (χ3v) is 10.9. The lowest BCUT2D eigenvalue weighted by atomic mass is 10.0. The van der Waals surface area contributed by atoms with Crippen molar-refractivity contribution in [1.29, 1.82) is 0 Å². The van der Waals surface area contributed by atoms with Crippen LogP contribution in [0, 0.1) is 0 Å². The predicted molar refractivity (Wildman–Crippen MR) is 251 cm³/mol. The number of esters is 1. The number of hydrogen-bond donors (Lipinski definition) is 3. The van der Waals surface area contributed by atoms with Gasteiger partial charge in [-0.25, -0.2) is 4.57 Å². The molecule has 0 aliphatic heterocycles. The fourth-order valence-corrected chi connectivity index (χ4v) is 7.10. The second kappa shape index (κ2) is 46.4. The minimum Gasteiger partial charge on any atom is -0.457 e. The first-order valence-corrected chi connectivity index (χ1v) is 25.4. The van der Waals surface area contributed by atoms with Gasteiger partial charge >= 0.3 is 13.8 Å². The van der Waals surface area contributed by atoms with Gasteiger partial charge in [0.15, 0.2) is 0 Å². The van der Waals surface area contributed by atoms with Gasteiger partial charge in [0.2, 0.25) is 0 Å². The average molecular weight is 865 g/mol. The van der Waals surface area contributed by atoms with Gasteiger partial charge in [0.25, 0.3) is 0 Å². The SMILES string of the molecule is CC/C=C\C/C=C\C/C=C\C/C=C\C/C=C\CC(=O)OC(COCCCCCCCCCCCCCC/C=C\CCCCCCCCCC)COP(=O)(O)OCC(O)CO. The summed E-state index contributed by atoms with van der Waals surface area (Å²) in [7, 11) is -4.55. The van der Waals surface area contributed by atoms with Gasteiger partial charge in [0.1, 0.15) is 12.2 Å². The van der Waals surface area contributed by atoms with E-state index in [0.29, 0.717) is 13.0 Å². The van der Waals surface area contributed by atoms with E-state index in [1.54, 1.807) is 6.08 Å². The number of carbonyl (C=O) groups is 1. The van der Waals surface area contributed by atoms with Gasteiger partial charge in [-0.1, -0.05) is 196 Å². The van der Waals surface area contributed by atoms with Crippen LogP contribution in [0.1, 0.15) is 194 Å². The Hall–Kier alpha value is -2.10. The number of ether oxygens (including phenoxy) is 2. The number of phosphoric acid groups is 1. The van der Waals surface area contributed by atoms with Crippen molar-refractivity contribution in [2.45, 2.75) is 206 Å². The van der Waals surface area contributed by atoms with Gasteiger partial charge < -0.3 is 24.6 Å². The lowest BCUT2D eigenvalue weighted by Crippen LogP contribution is -2.28. The van der Waals surface area contributed by atoms with Crippen LogP contribution in [0.4, 0.5) is 0 Å². The van der Waals surface area contributed by atoms with Crippen molar-refractivity contribution in [1.82, 2.24) is 0 Å². The molecule has 3 N–H and O–H groups in total. The lowest BCUT2D eigenvalue weighted by molar-refractivity contribution is -0.153. The molecular formula is C50H89O9P. The van der Waals surface area contributed by atoms with Gasteiger partial charge in [-0.15, -0.1) is 0 Å². The van der Waals surface area contributed by atoms with Gasteiger partial charge in [-0.05, 0) is 64.2 Å². The Labute approximate surface area is 367 Å².